The summed E-state index contributed by atoms with van der Waals surface area (Å²) >= 11 is 0. The van der Waals surface area contributed by atoms with Gasteiger partial charge >= 0.3 is 0 Å². The minimum Gasteiger partial charge on any atom is -0.405 e. The highest BCUT2D eigenvalue weighted by Crippen LogP contribution is 2.34. The molecule has 3 heteroatoms. The summed E-state index contributed by atoms with van der Waals surface area (Å²) in [7, 11) is 0. The smallest absolute Gasteiger partial charge is 0.0473 e. The molecule has 0 aromatic heterocycles. The van der Waals surface area contributed by atoms with E-state index in [1.165, 1.54) is 6.20 Å². The molecule has 0 amide bonds. The highest BCUT2D eigenvalue weighted by atomic mass is 14.6. The molecule has 0 unspecified atom stereocenters. The quantitative estimate of drug-likeness (QED) is 0.236. The van der Waals surface area contributed by atoms with E-state index in [2.05, 4.69) is 56.6 Å². The first-order valence-electron chi connectivity index (χ1n) is 11.8. The lowest BCUT2D eigenvalue weighted by molar-refractivity contribution is 1.16. The maximum absolute atomic E-state index is 6.36. The molecule has 0 saturated heterocycles. The van der Waals surface area contributed by atoms with Crippen LogP contribution in [-0.2, 0) is 0 Å². The van der Waals surface area contributed by atoms with Crippen molar-refractivity contribution in [2.45, 2.75) is 20.3 Å². The van der Waals surface area contributed by atoms with Crippen LogP contribution in [0.1, 0.15) is 25.8 Å². The van der Waals surface area contributed by atoms with Gasteiger partial charge in [-0.15, -0.1) is 0 Å². The van der Waals surface area contributed by atoms with E-state index in [9.17, 15) is 0 Å². The number of hydrogen-bond donors (Lipinski definition) is 3. The Balaban J connectivity index is 0.000000338. The van der Waals surface area contributed by atoms with Crippen LogP contribution in [0.5, 0.6) is 0 Å². The number of allylic oxidation sites excluding steroid dienone is 7. The van der Waals surface area contributed by atoms with Crippen molar-refractivity contribution in [1.29, 1.82) is 0 Å². The molecule has 3 rings (SSSR count). The van der Waals surface area contributed by atoms with Crippen molar-refractivity contribution >= 4 is 22.5 Å². The van der Waals surface area contributed by atoms with Crippen molar-refractivity contribution in [1.82, 2.24) is 0 Å². The van der Waals surface area contributed by atoms with Gasteiger partial charge in [0.15, 0.2) is 0 Å². The zero-order chi connectivity index (χ0) is 26.9. The number of hydrogen-bond acceptors (Lipinski definition) is 3. The van der Waals surface area contributed by atoms with Gasteiger partial charge in [-0.1, -0.05) is 118 Å². The number of fused-ring (bicyclic) bond motifs is 1. The summed E-state index contributed by atoms with van der Waals surface area (Å²) in [5.74, 6) is 0. The van der Waals surface area contributed by atoms with Crippen LogP contribution in [0.4, 0.5) is 5.69 Å². The lowest BCUT2D eigenvalue weighted by Gasteiger charge is -2.12. The zero-order valence-electron chi connectivity index (χ0n) is 21.6. The molecule has 0 saturated carbocycles. The van der Waals surface area contributed by atoms with Crippen LogP contribution < -0.4 is 17.2 Å². The van der Waals surface area contributed by atoms with Crippen LogP contribution in [0.25, 0.3) is 28.0 Å². The van der Waals surface area contributed by atoms with E-state index in [0.717, 1.165) is 56.3 Å². The fraction of sp³-hybridized carbons (Fsp3) is 0.0909. The second-order valence-corrected chi connectivity index (χ2v) is 7.88. The third-order valence-electron chi connectivity index (χ3n) is 5.40. The van der Waals surface area contributed by atoms with Gasteiger partial charge < -0.3 is 17.2 Å². The topological polar surface area (TPSA) is 78.1 Å². The Morgan fingerprint density at radius 1 is 0.861 bits per heavy atom. The van der Waals surface area contributed by atoms with Crippen LogP contribution in [0.15, 0.2) is 140 Å². The molecule has 0 aliphatic rings. The molecule has 0 fully saturated rings. The summed E-state index contributed by atoms with van der Waals surface area (Å²) in [4.78, 5) is 0. The van der Waals surface area contributed by atoms with Gasteiger partial charge in [0.2, 0.25) is 0 Å². The van der Waals surface area contributed by atoms with Crippen LogP contribution in [0.2, 0.25) is 0 Å². The van der Waals surface area contributed by atoms with E-state index in [1.807, 2.05) is 56.3 Å². The van der Waals surface area contributed by atoms with E-state index in [4.69, 9.17) is 17.2 Å². The van der Waals surface area contributed by atoms with Crippen molar-refractivity contribution in [3.05, 3.63) is 146 Å². The van der Waals surface area contributed by atoms with Gasteiger partial charge in [0, 0.05) is 16.6 Å². The molecule has 0 bridgehead atoms. The predicted octanol–water partition coefficient (Wildman–Crippen LogP) is 8.30. The molecule has 0 aliphatic carbocycles. The van der Waals surface area contributed by atoms with Gasteiger partial charge in [-0.05, 0) is 65.6 Å². The summed E-state index contributed by atoms with van der Waals surface area (Å²) < 4.78 is 0. The largest absolute Gasteiger partial charge is 0.405 e. The minimum atomic E-state index is 0.806. The Hall–Kier alpha value is -4.50. The van der Waals surface area contributed by atoms with Crippen molar-refractivity contribution in [3.63, 3.8) is 0 Å². The number of nitrogens with two attached hydrogens (primary N) is 3. The summed E-state index contributed by atoms with van der Waals surface area (Å²) in [6, 6.07) is 20.4. The Kier molecular flexibility index (Phi) is 13.3. The molecule has 3 aromatic rings. The lowest BCUT2D eigenvalue weighted by Crippen LogP contribution is -1.93. The Morgan fingerprint density at radius 2 is 1.53 bits per heavy atom. The highest BCUT2D eigenvalue weighted by Gasteiger charge is 2.08. The van der Waals surface area contributed by atoms with E-state index in [-0.39, 0.29) is 0 Å². The van der Waals surface area contributed by atoms with E-state index < -0.39 is 0 Å². The number of anilines is 1. The molecule has 3 nitrogen and oxygen atoms in total. The van der Waals surface area contributed by atoms with Crippen LogP contribution >= 0.6 is 0 Å². The van der Waals surface area contributed by atoms with E-state index in [1.54, 1.807) is 24.4 Å². The SMILES string of the molecule is C=C(/C=C\N)CC.C=C/C=C(\C)C(=C)C=C.N/C=C\c1ccccc1-c1ccc2ccccc2c1N. The Bertz CT molecular complexity index is 1270. The van der Waals surface area contributed by atoms with Gasteiger partial charge in [0.1, 0.15) is 0 Å². The molecule has 0 radical (unpaired) electrons. The zero-order valence-corrected chi connectivity index (χ0v) is 21.6. The Labute approximate surface area is 217 Å². The molecule has 0 atom stereocenters. The van der Waals surface area contributed by atoms with Crippen molar-refractivity contribution in [2.24, 2.45) is 11.5 Å². The monoisotopic (exact) mass is 477 g/mol. The average Bonchev–Trinajstić information content (AvgIpc) is 2.90. The molecule has 0 aliphatic heterocycles. The van der Waals surface area contributed by atoms with Gasteiger partial charge in [-0.25, -0.2) is 0 Å². The highest BCUT2D eigenvalue weighted by molar-refractivity contribution is 6.01. The number of benzene rings is 3. The average molecular weight is 478 g/mol. The molecule has 0 heterocycles. The molecule has 0 spiro atoms. The van der Waals surface area contributed by atoms with Gasteiger partial charge in [-0.3, -0.25) is 0 Å². The van der Waals surface area contributed by atoms with E-state index >= 15 is 0 Å². The van der Waals surface area contributed by atoms with Crippen molar-refractivity contribution in [3.8, 4) is 11.1 Å². The molecular formula is C33H39N3. The van der Waals surface area contributed by atoms with Crippen LogP contribution in [-0.4, -0.2) is 0 Å². The first-order chi connectivity index (χ1) is 17.3. The molecular weight excluding hydrogens is 438 g/mol. The van der Waals surface area contributed by atoms with Gasteiger partial charge in [0.05, 0.1) is 0 Å². The summed E-state index contributed by atoms with van der Waals surface area (Å²) in [6.45, 7) is 18.6. The fourth-order valence-electron chi connectivity index (χ4n) is 3.22. The maximum Gasteiger partial charge on any atom is 0.0473 e. The third-order valence-corrected chi connectivity index (χ3v) is 5.40. The molecule has 6 N–H and O–H groups in total. The number of rotatable bonds is 7. The molecule has 3 aromatic carbocycles. The summed E-state index contributed by atoms with van der Waals surface area (Å²) in [5, 5.41) is 2.23. The number of nitrogen functional groups attached to an aromatic ring is 1. The lowest BCUT2D eigenvalue weighted by atomic mass is 9.95. The van der Waals surface area contributed by atoms with Crippen molar-refractivity contribution < 1.29 is 0 Å². The Morgan fingerprint density at radius 3 is 2.11 bits per heavy atom. The standard InChI is InChI=1S/C18H16N2.C9H12.C6H11N/c19-12-11-14-6-1-3-7-15(14)17-10-9-13-5-2-4-8-16(13)18(17)20;1-5-7-9(4)8(3)6-2;1-3-6(2)4-5-7/h1-12H,19-20H2;5-7H,1-3H2,4H3;4-5H,2-3,7H2,1H3/b12-11-;9-7+;5-4-. The second kappa shape index (κ2) is 16.2. The first-order valence-corrected chi connectivity index (χ1v) is 11.8. The summed E-state index contributed by atoms with van der Waals surface area (Å²) in [6.07, 6.45) is 13.1. The molecule has 36 heavy (non-hydrogen) atoms. The summed E-state index contributed by atoms with van der Waals surface area (Å²) in [5.41, 5.74) is 24.1. The molecule has 186 valence electrons. The van der Waals surface area contributed by atoms with Crippen molar-refractivity contribution in [2.75, 3.05) is 5.73 Å². The van der Waals surface area contributed by atoms with Crippen LogP contribution in [0, 0.1) is 0 Å². The predicted molar refractivity (Wildman–Crippen MR) is 163 cm³/mol. The normalized spacial score (nSPS) is 10.8. The fourth-order valence-corrected chi connectivity index (χ4v) is 3.22. The van der Waals surface area contributed by atoms with Crippen LogP contribution in [0.3, 0.4) is 0 Å². The second-order valence-electron chi connectivity index (χ2n) is 7.88. The minimum absolute atomic E-state index is 0.806. The van der Waals surface area contributed by atoms with Gasteiger partial charge in [0.25, 0.3) is 0 Å². The van der Waals surface area contributed by atoms with E-state index in [0.29, 0.717) is 0 Å². The first kappa shape index (κ1) is 29.5. The maximum atomic E-state index is 6.36. The third kappa shape index (κ3) is 9.03. The van der Waals surface area contributed by atoms with Gasteiger partial charge in [-0.2, -0.15) is 0 Å².